The van der Waals surface area contributed by atoms with Crippen molar-refractivity contribution >= 4 is 16.9 Å². The molecule has 0 amide bonds. The first-order valence-electron chi connectivity index (χ1n) is 4.13. The van der Waals surface area contributed by atoms with Crippen LogP contribution in [0.2, 0.25) is 0 Å². The van der Waals surface area contributed by atoms with E-state index in [1.165, 1.54) is 11.3 Å². The molecule has 0 atom stereocenters. The molecule has 14 heavy (non-hydrogen) atoms. The summed E-state index contributed by atoms with van der Waals surface area (Å²) in [7, 11) is 0. The van der Waals surface area contributed by atoms with Crippen LogP contribution in [0.15, 0.2) is 36.3 Å². The van der Waals surface area contributed by atoms with E-state index in [9.17, 15) is 0 Å². The molecular formula is C11H10N2S. The number of nitrogens with zero attached hydrogens (tertiary/aromatic N) is 2. The fourth-order valence-corrected chi connectivity index (χ4v) is 1.61. The van der Waals surface area contributed by atoms with Crippen LogP contribution in [0, 0.1) is 11.3 Å². The molecule has 0 fully saturated rings. The Kier molecular flexibility index (Phi) is 3.84. The van der Waals surface area contributed by atoms with Gasteiger partial charge in [-0.2, -0.15) is 5.26 Å². The van der Waals surface area contributed by atoms with Crippen LogP contribution in [0.1, 0.15) is 17.6 Å². The maximum absolute atomic E-state index is 8.63. The van der Waals surface area contributed by atoms with Crippen LogP contribution < -0.4 is 0 Å². The van der Waals surface area contributed by atoms with Crippen molar-refractivity contribution in [1.82, 2.24) is 4.98 Å². The van der Waals surface area contributed by atoms with Gasteiger partial charge in [0.05, 0.1) is 5.69 Å². The molecule has 0 aliphatic rings. The summed E-state index contributed by atoms with van der Waals surface area (Å²) in [4.78, 5) is 4.16. The minimum Gasteiger partial charge on any atom is -0.226 e. The molecule has 3 heteroatoms. The van der Waals surface area contributed by atoms with Gasteiger partial charge in [-0.25, -0.2) is 4.98 Å². The van der Waals surface area contributed by atoms with Crippen molar-refractivity contribution in [2.24, 2.45) is 0 Å². The lowest BCUT2D eigenvalue weighted by Gasteiger charge is -1.93. The van der Waals surface area contributed by atoms with Crippen molar-refractivity contribution in [2.45, 2.75) is 6.92 Å². The molecule has 1 aromatic heterocycles. The second-order valence-electron chi connectivity index (χ2n) is 2.51. The summed E-state index contributed by atoms with van der Waals surface area (Å²) < 4.78 is 0. The monoisotopic (exact) mass is 202 g/mol. The van der Waals surface area contributed by atoms with Gasteiger partial charge in [0.1, 0.15) is 6.07 Å². The van der Waals surface area contributed by atoms with Gasteiger partial charge in [-0.05, 0) is 6.92 Å². The van der Waals surface area contributed by atoms with Gasteiger partial charge in [0.2, 0.25) is 0 Å². The number of aromatic nitrogens is 1. The Morgan fingerprint density at radius 2 is 2.50 bits per heavy atom. The van der Waals surface area contributed by atoms with Crippen LogP contribution in [0.4, 0.5) is 0 Å². The Morgan fingerprint density at radius 1 is 1.71 bits per heavy atom. The maximum atomic E-state index is 8.63. The molecule has 70 valence electrons. The number of rotatable bonds is 3. The molecule has 1 aromatic rings. The van der Waals surface area contributed by atoms with E-state index in [2.05, 4.69) is 11.6 Å². The van der Waals surface area contributed by atoms with E-state index in [-0.39, 0.29) is 0 Å². The van der Waals surface area contributed by atoms with E-state index in [0.29, 0.717) is 5.01 Å². The van der Waals surface area contributed by atoms with Gasteiger partial charge in [-0.3, -0.25) is 0 Å². The quantitative estimate of drug-likeness (QED) is 0.706. The first-order valence-corrected chi connectivity index (χ1v) is 5.01. The second-order valence-corrected chi connectivity index (χ2v) is 3.37. The number of hydrogen-bond donors (Lipinski definition) is 0. The van der Waals surface area contributed by atoms with Crippen LogP contribution in [-0.4, -0.2) is 4.98 Å². The topological polar surface area (TPSA) is 36.7 Å². The smallest absolute Gasteiger partial charge is 0.194 e. The number of thiazole rings is 1. The van der Waals surface area contributed by atoms with Gasteiger partial charge >= 0.3 is 0 Å². The van der Waals surface area contributed by atoms with Crippen molar-refractivity contribution < 1.29 is 0 Å². The van der Waals surface area contributed by atoms with E-state index in [4.69, 9.17) is 5.26 Å². The lowest BCUT2D eigenvalue weighted by atomic mass is 10.2. The lowest BCUT2D eigenvalue weighted by Crippen LogP contribution is -1.81. The van der Waals surface area contributed by atoms with Crippen molar-refractivity contribution in [3.05, 3.63) is 47.0 Å². The number of hydrogen-bond acceptors (Lipinski definition) is 3. The van der Waals surface area contributed by atoms with Crippen LogP contribution >= 0.6 is 11.3 Å². The molecule has 0 saturated carbocycles. The van der Waals surface area contributed by atoms with Crippen LogP contribution in [-0.2, 0) is 0 Å². The minimum atomic E-state index is 0.486. The average molecular weight is 202 g/mol. The highest BCUT2D eigenvalue weighted by molar-refractivity contribution is 7.10. The Labute approximate surface area is 87.5 Å². The van der Waals surface area contributed by atoms with Crippen molar-refractivity contribution in [2.75, 3.05) is 0 Å². The van der Waals surface area contributed by atoms with Crippen LogP contribution in [0.3, 0.4) is 0 Å². The predicted octanol–water partition coefficient (Wildman–Crippen LogP) is 3.16. The highest BCUT2D eigenvalue weighted by Gasteiger charge is 2.02. The summed E-state index contributed by atoms with van der Waals surface area (Å²) in [5.41, 5.74) is 1.80. The van der Waals surface area contributed by atoms with E-state index in [1.807, 2.05) is 36.6 Å². The fraction of sp³-hybridized carbons (Fsp3) is 0.0909. The van der Waals surface area contributed by atoms with Crippen molar-refractivity contribution in [3.8, 4) is 6.07 Å². The molecule has 0 saturated heterocycles. The first kappa shape index (κ1) is 10.4. The molecule has 0 unspecified atom stereocenters. The SMILES string of the molecule is C=C/C=C(\C=C/C)c1csc(C#N)n1. The van der Waals surface area contributed by atoms with E-state index in [0.717, 1.165) is 11.3 Å². The standard InChI is InChI=1S/C11H10N2S/c1-3-5-9(6-4-2)10-8-14-11(7-12)13-10/h3-6,8H,1H2,2H3/b6-4-,9-5+. The Morgan fingerprint density at radius 3 is 3.00 bits per heavy atom. The Balaban J connectivity index is 3.06. The van der Waals surface area contributed by atoms with Gasteiger partial charge < -0.3 is 0 Å². The van der Waals surface area contributed by atoms with E-state index in [1.54, 1.807) is 6.08 Å². The number of nitriles is 1. The lowest BCUT2D eigenvalue weighted by molar-refractivity contribution is 1.31. The van der Waals surface area contributed by atoms with Crippen LogP contribution in [0.25, 0.3) is 5.57 Å². The predicted molar refractivity (Wildman–Crippen MR) is 59.8 cm³/mol. The third-order valence-corrected chi connectivity index (χ3v) is 2.29. The largest absolute Gasteiger partial charge is 0.226 e. The molecule has 0 aliphatic carbocycles. The van der Waals surface area contributed by atoms with E-state index < -0.39 is 0 Å². The Hall–Kier alpha value is -1.66. The summed E-state index contributed by atoms with van der Waals surface area (Å²) in [5, 5.41) is 11.0. The summed E-state index contributed by atoms with van der Waals surface area (Å²) in [6.45, 7) is 5.57. The average Bonchev–Trinajstić information content (AvgIpc) is 2.65. The van der Waals surface area contributed by atoms with Gasteiger partial charge in [0, 0.05) is 11.0 Å². The maximum Gasteiger partial charge on any atom is 0.194 e. The van der Waals surface area contributed by atoms with Gasteiger partial charge in [-0.15, -0.1) is 11.3 Å². The fourth-order valence-electron chi connectivity index (χ4n) is 0.991. The number of allylic oxidation sites excluding steroid dienone is 5. The van der Waals surface area contributed by atoms with Crippen molar-refractivity contribution in [3.63, 3.8) is 0 Å². The highest BCUT2D eigenvalue weighted by atomic mass is 32.1. The third kappa shape index (κ3) is 2.41. The summed E-state index contributed by atoms with van der Waals surface area (Å²) in [6, 6.07) is 2.02. The third-order valence-electron chi connectivity index (χ3n) is 1.54. The normalized spacial score (nSPS) is 11.6. The minimum absolute atomic E-state index is 0.486. The molecule has 0 bridgehead atoms. The first-order chi connectivity index (χ1) is 6.81. The summed E-state index contributed by atoms with van der Waals surface area (Å²) in [5.74, 6) is 0. The van der Waals surface area contributed by atoms with Gasteiger partial charge in [0.25, 0.3) is 0 Å². The molecule has 0 aliphatic heterocycles. The summed E-state index contributed by atoms with van der Waals surface area (Å²) >= 11 is 1.35. The Bertz CT molecular complexity index is 419. The zero-order valence-corrected chi connectivity index (χ0v) is 8.71. The molecule has 0 aromatic carbocycles. The second kappa shape index (κ2) is 5.15. The zero-order valence-electron chi connectivity index (χ0n) is 7.90. The molecule has 1 heterocycles. The summed E-state index contributed by atoms with van der Waals surface area (Å²) in [6.07, 6.45) is 7.45. The molecule has 1 rings (SSSR count). The van der Waals surface area contributed by atoms with Crippen LogP contribution in [0.5, 0.6) is 0 Å². The highest BCUT2D eigenvalue weighted by Crippen LogP contribution is 2.18. The van der Waals surface area contributed by atoms with Gasteiger partial charge in [-0.1, -0.05) is 30.9 Å². The van der Waals surface area contributed by atoms with Gasteiger partial charge in [0.15, 0.2) is 5.01 Å². The molecule has 2 nitrogen and oxygen atoms in total. The molecule has 0 spiro atoms. The zero-order chi connectivity index (χ0) is 10.4. The van der Waals surface area contributed by atoms with E-state index >= 15 is 0 Å². The molecule has 0 N–H and O–H groups in total. The molecule has 0 radical (unpaired) electrons. The molecular weight excluding hydrogens is 192 g/mol. The van der Waals surface area contributed by atoms with Crippen molar-refractivity contribution in [1.29, 1.82) is 5.26 Å².